The van der Waals surface area contributed by atoms with Gasteiger partial charge in [-0.3, -0.25) is 0 Å². The van der Waals surface area contributed by atoms with Crippen molar-refractivity contribution in [2.45, 2.75) is 12.5 Å². The molecule has 62 valence electrons. The molecule has 3 nitrogen and oxygen atoms in total. The zero-order valence-electron chi connectivity index (χ0n) is 6.46. The Hall–Kier alpha value is -0.800. The molecule has 1 aliphatic rings. The highest BCUT2D eigenvalue weighted by Gasteiger charge is 2.04. The van der Waals surface area contributed by atoms with Crippen LogP contribution in [0.2, 0.25) is 0 Å². The molecule has 0 bridgehead atoms. The second-order valence-corrected chi connectivity index (χ2v) is 2.58. The third-order valence-electron chi connectivity index (χ3n) is 1.65. The van der Waals surface area contributed by atoms with Crippen LogP contribution in [-0.2, 0) is 0 Å². The first-order valence-electron chi connectivity index (χ1n) is 3.81. The van der Waals surface area contributed by atoms with Crippen molar-refractivity contribution in [3.05, 3.63) is 23.9 Å². The van der Waals surface area contributed by atoms with Gasteiger partial charge >= 0.3 is 0 Å². The minimum Gasteiger partial charge on any atom is -0.399 e. The molecule has 0 spiro atoms. The number of hydrogen-bond donors (Lipinski definition) is 3. The van der Waals surface area contributed by atoms with E-state index >= 15 is 0 Å². The molecule has 0 heterocycles. The van der Waals surface area contributed by atoms with Gasteiger partial charge in [-0.1, -0.05) is 12.2 Å². The van der Waals surface area contributed by atoms with Crippen molar-refractivity contribution in [3.8, 4) is 0 Å². The van der Waals surface area contributed by atoms with Gasteiger partial charge in [-0.2, -0.15) is 0 Å². The van der Waals surface area contributed by atoms with Gasteiger partial charge in [0.25, 0.3) is 0 Å². The first-order valence-corrected chi connectivity index (χ1v) is 3.81. The molecular weight excluding hydrogens is 140 g/mol. The highest BCUT2D eigenvalue weighted by atomic mass is 16.3. The Morgan fingerprint density at radius 1 is 1.73 bits per heavy atom. The second-order valence-electron chi connectivity index (χ2n) is 2.58. The number of aliphatic hydroxyl groups excluding tert-OH is 1. The summed E-state index contributed by atoms with van der Waals surface area (Å²) in [5, 5.41) is 11.7. The fourth-order valence-electron chi connectivity index (χ4n) is 1.04. The number of rotatable bonds is 3. The number of aliphatic hydroxyl groups is 1. The lowest BCUT2D eigenvalue weighted by Gasteiger charge is -2.15. The minimum absolute atomic E-state index is 0.184. The Balaban J connectivity index is 2.25. The molecule has 11 heavy (non-hydrogen) atoms. The monoisotopic (exact) mass is 154 g/mol. The Morgan fingerprint density at radius 3 is 3.09 bits per heavy atom. The molecule has 0 saturated carbocycles. The highest BCUT2D eigenvalue weighted by molar-refractivity contribution is 5.22. The lowest BCUT2D eigenvalue weighted by atomic mass is 10.1. The van der Waals surface area contributed by atoms with Crippen LogP contribution in [-0.4, -0.2) is 24.3 Å². The fraction of sp³-hybridized carbons (Fsp3) is 0.500. The first kappa shape index (κ1) is 8.30. The number of nitrogens with two attached hydrogens (primary N) is 1. The predicted octanol–water partition coefficient (Wildman–Crippen LogP) is -0.261. The average molecular weight is 154 g/mol. The Bertz CT molecular complexity index is 175. The molecule has 0 saturated heterocycles. The molecule has 1 atom stereocenters. The molecule has 0 aromatic heterocycles. The van der Waals surface area contributed by atoms with E-state index in [0.29, 0.717) is 12.6 Å². The number of hydrogen-bond acceptors (Lipinski definition) is 3. The summed E-state index contributed by atoms with van der Waals surface area (Å²) in [6.45, 7) is 0.826. The average Bonchev–Trinajstić information content (AvgIpc) is 2.04. The summed E-state index contributed by atoms with van der Waals surface area (Å²) < 4.78 is 0. The molecule has 0 radical (unpaired) electrons. The van der Waals surface area contributed by atoms with E-state index in [-0.39, 0.29) is 6.61 Å². The Morgan fingerprint density at radius 2 is 2.55 bits per heavy atom. The van der Waals surface area contributed by atoms with Crippen molar-refractivity contribution in [2.75, 3.05) is 13.2 Å². The van der Waals surface area contributed by atoms with Crippen molar-refractivity contribution in [2.24, 2.45) is 5.73 Å². The van der Waals surface area contributed by atoms with Crippen LogP contribution < -0.4 is 11.1 Å². The molecule has 0 aliphatic heterocycles. The lowest BCUT2D eigenvalue weighted by molar-refractivity contribution is 0.288. The van der Waals surface area contributed by atoms with E-state index in [4.69, 9.17) is 10.8 Å². The zero-order chi connectivity index (χ0) is 8.10. The third-order valence-corrected chi connectivity index (χ3v) is 1.65. The lowest BCUT2D eigenvalue weighted by Crippen LogP contribution is -2.30. The topological polar surface area (TPSA) is 58.3 Å². The maximum atomic E-state index is 8.52. The van der Waals surface area contributed by atoms with E-state index in [1.54, 1.807) is 0 Å². The van der Waals surface area contributed by atoms with Gasteiger partial charge in [-0.05, 0) is 12.5 Å². The molecular formula is C8H14N2O. The van der Waals surface area contributed by atoms with Gasteiger partial charge in [0, 0.05) is 18.3 Å². The van der Waals surface area contributed by atoms with Crippen LogP contribution in [0.15, 0.2) is 23.9 Å². The van der Waals surface area contributed by atoms with E-state index in [9.17, 15) is 0 Å². The molecule has 0 aromatic rings. The fourth-order valence-corrected chi connectivity index (χ4v) is 1.04. The van der Waals surface area contributed by atoms with Gasteiger partial charge in [-0.25, -0.2) is 0 Å². The SMILES string of the molecule is NC1=CCC(NCCO)C=C1. The minimum atomic E-state index is 0.184. The second kappa shape index (κ2) is 4.16. The van der Waals surface area contributed by atoms with Crippen molar-refractivity contribution in [1.29, 1.82) is 0 Å². The molecule has 0 amide bonds. The van der Waals surface area contributed by atoms with Crippen molar-refractivity contribution in [1.82, 2.24) is 5.32 Å². The summed E-state index contributed by atoms with van der Waals surface area (Å²) in [6.07, 6.45) is 6.81. The molecule has 1 rings (SSSR count). The van der Waals surface area contributed by atoms with E-state index in [2.05, 4.69) is 5.32 Å². The molecule has 1 unspecified atom stereocenters. The summed E-state index contributed by atoms with van der Waals surface area (Å²) >= 11 is 0. The van der Waals surface area contributed by atoms with E-state index in [1.807, 2.05) is 18.2 Å². The van der Waals surface area contributed by atoms with Crippen LogP contribution in [0.25, 0.3) is 0 Å². The van der Waals surface area contributed by atoms with Crippen molar-refractivity contribution in [3.63, 3.8) is 0 Å². The summed E-state index contributed by atoms with van der Waals surface area (Å²) in [5.74, 6) is 0. The third kappa shape index (κ3) is 2.74. The maximum Gasteiger partial charge on any atom is 0.0556 e. The van der Waals surface area contributed by atoms with Crippen molar-refractivity contribution < 1.29 is 5.11 Å². The van der Waals surface area contributed by atoms with E-state index in [1.165, 1.54) is 0 Å². The van der Waals surface area contributed by atoms with Gasteiger partial charge in [0.15, 0.2) is 0 Å². The van der Waals surface area contributed by atoms with Gasteiger partial charge in [-0.15, -0.1) is 0 Å². The van der Waals surface area contributed by atoms with Crippen LogP contribution in [0.1, 0.15) is 6.42 Å². The summed E-state index contributed by atoms with van der Waals surface area (Å²) in [4.78, 5) is 0. The van der Waals surface area contributed by atoms with E-state index in [0.717, 1.165) is 12.1 Å². The standard InChI is InChI=1S/C8H14N2O/c9-7-1-3-8(4-2-7)10-5-6-11/h1-3,8,10-11H,4-6,9H2. The summed E-state index contributed by atoms with van der Waals surface area (Å²) in [7, 11) is 0. The zero-order valence-corrected chi connectivity index (χ0v) is 6.46. The van der Waals surface area contributed by atoms with E-state index < -0.39 is 0 Å². The maximum absolute atomic E-state index is 8.52. The number of nitrogens with one attached hydrogen (secondary N) is 1. The van der Waals surface area contributed by atoms with Crippen LogP contribution in [0.5, 0.6) is 0 Å². The normalized spacial score (nSPS) is 23.4. The van der Waals surface area contributed by atoms with Gasteiger partial charge in [0.1, 0.15) is 0 Å². The van der Waals surface area contributed by atoms with Crippen molar-refractivity contribution >= 4 is 0 Å². The van der Waals surface area contributed by atoms with Crippen LogP contribution in [0, 0.1) is 0 Å². The van der Waals surface area contributed by atoms with Crippen LogP contribution in [0.3, 0.4) is 0 Å². The molecule has 0 aromatic carbocycles. The largest absolute Gasteiger partial charge is 0.399 e. The molecule has 3 heteroatoms. The number of allylic oxidation sites excluding steroid dienone is 1. The molecule has 0 fully saturated rings. The predicted molar refractivity (Wildman–Crippen MR) is 44.9 cm³/mol. The van der Waals surface area contributed by atoms with Gasteiger partial charge < -0.3 is 16.2 Å². The highest BCUT2D eigenvalue weighted by Crippen LogP contribution is 2.05. The Labute approximate surface area is 66.6 Å². The smallest absolute Gasteiger partial charge is 0.0556 e. The summed E-state index contributed by atoms with van der Waals surface area (Å²) in [5.41, 5.74) is 6.35. The van der Waals surface area contributed by atoms with Gasteiger partial charge in [0.05, 0.1) is 6.61 Å². The first-order chi connectivity index (χ1) is 5.33. The molecule has 4 N–H and O–H groups in total. The van der Waals surface area contributed by atoms with Crippen LogP contribution >= 0.6 is 0 Å². The quantitative estimate of drug-likeness (QED) is 0.525. The molecule has 1 aliphatic carbocycles. The van der Waals surface area contributed by atoms with Crippen LogP contribution in [0.4, 0.5) is 0 Å². The Kier molecular flexibility index (Phi) is 3.14. The van der Waals surface area contributed by atoms with Gasteiger partial charge in [0.2, 0.25) is 0 Å². The summed E-state index contributed by atoms with van der Waals surface area (Å²) in [6, 6.07) is 0.342.